The molecule has 1 aromatic carbocycles. The topological polar surface area (TPSA) is 29.9 Å². The Balaban J connectivity index is 0.000000722. The predicted octanol–water partition coefficient (Wildman–Crippen LogP) is 2.36. The molecule has 0 unspecified atom stereocenters. The monoisotopic (exact) mass is 271 g/mol. The van der Waals surface area contributed by atoms with Crippen LogP contribution < -0.4 is 5.32 Å². The SMILES string of the molecule is Cl.Cl.c1ccc(-n2ncc3c2CCNC3)cc1. The van der Waals surface area contributed by atoms with Crippen molar-refractivity contribution in [2.24, 2.45) is 0 Å². The van der Waals surface area contributed by atoms with Crippen LogP contribution in [-0.4, -0.2) is 16.3 Å². The third-order valence-corrected chi connectivity index (χ3v) is 2.81. The van der Waals surface area contributed by atoms with Crippen LogP contribution in [0.4, 0.5) is 0 Å². The molecule has 0 aliphatic carbocycles. The lowest BCUT2D eigenvalue weighted by molar-refractivity contribution is 0.623. The lowest BCUT2D eigenvalue weighted by Gasteiger charge is -2.14. The molecule has 3 rings (SSSR count). The highest BCUT2D eigenvalue weighted by Gasteiger charge is 2.14. The minimum atomic E-state index is 0. The van der Waals surface area contributed by atoms with Gasteiger partial charge in [-0.25, -0.2) is 4.68 Å². The maximum atomic E-state index is 4.44. The summed E-state index contributed by atoms with van der Waals surface area (Å²) in [5, 5.41) is 7.80. The van der Waals surface area contributed by atoms with Crippen LogP contribution in [0.5, 0.6) is 0 Å². The van der Waals surface area contributed by atoms with Gasteiger partial charge in [0.15, 0.2) is 0 Å². The lowest BCUT2D eigenvalue weighted by atomic mass is 10.1. The standard InChI is InChI=1S/C12H13N3.2ClH/c1-2-4-11(5-3-1)15-12-6-7-13-8-10(12)9-14-15;;/h1-5,9,13H,6-8H2;2*1H. The van der Waals surface area contributed by atoms with Crippen molar-refractivity contribution < 1.29 is 0 Å². The Hall–Kier alpha value is -1.03. The quantitative estimate of drug-likeness (QED) is 0.863. The fourth-order valence-electron chi connectivity index (χ4n) is 2.04. The molecule has 1 aromatic heterocycles. The van der Waals surface area contributed by atoms with Crippen LogP contribution >= 0.6 is 24.8 Å². The minimum Gasteiger partial charge on any atom is -0.312 e. The largest absolute Gasteiger partial charge is 0.312 e. The molecule has 0 saturated carbocycles. The Labute approximate surface area is 113 Å². The second-order valence-electron chi connectivity index (χ2n) is 3.79. The second-order valence-corrected chi connectivity index (χ2v) is 3.79. The maximum absolute atomic E-state index is 4.44. The van der Waals surface area contributed by atoms with Crippen LogP contribution in [0.25, 0.3) is 5.69 Å². The van der Waals surface area contributed by atoms with Crippen molar-refractivity contribution >= 4 is 24.8 Å². The molecule has 2 aromatic rings. The van der Waals surface area contributed by atoms with Crippen molar-refractivity contribution in [3.63, 3.8) is 0 Å². The van der Waals surface area contributed by atoms with E-state index < -0.39 is 0 Å². The van der Waals surface area contributed by atoms with Crippen molar-refractivity contribution in [1.82, 2.24) is 15.1 Å². The summed E-state index contributed by atoms with van der Waals surface area (Å²) in [7, 11) is 0. The highest BCUT2D eigenvalue weighted by atomic mass is 35.5. The highest BCUT2D eigenvalue weighted by Crippen LogP contribution is 2.17. The summed E-state index contributed by atoms with van der Waals surface area (Å²) in [6.07, 6.45) is 3.03. The molecular formula is C12H15Cl2N3. The van der Waals surface area contributed by atoms with Gasteiger partial charge >= 0.3 is 0 Å². The zero-order valence-electron chi connectivity index (χ0n) is 9.30. The van der Waals surface area contributed by atoms with Gasteiger partial charge in [0.25, 0.3) is 0 Å². The van der Waals surface area contributed by atoms with Crippen LogP contribution in [0, 0.1) is 0 Å². The summed E-state index contributed by atoms with van der Waals surface area (Å²) in [6, 6.07) is 10.3. The molecule has 2 heterocycles. The average molecular weight is 272 g/mol. The molecule has 0 bridgehead atoms. The van der Waals surface area contributed by atoms with Crippen LogP contribution in [0.3, 0.4) is 0 Å². The summed E-state index contributed by atoms with van der Waals surface area (Å²) < 4.78 is 2.05. The van der Waals surface area contributed by atoms with Gasteiger partial charge in [0.1, 0.15) is 0 Å². The molecule has 1 N–H and O–H groups in total. The van der Waals surface area contributed by atoms with E-state index in [-0.39, 0.29) is 24.8 Å². The first-order valence-electron chi connectivity index (χ1n) is 5.27. The van der Waals surface area contributed by atoms with Gasteiger partial charge in [-0.2, -0.15) is 5.10 Å². The van der Waals surface area contributed by atoms with E-state index in [1.54, 1.807) is 0 Å². The third-order valence-electron chi connectivity index (χ3n) is 2.81. The molecule has 3 nitrogen and oxygen atoms in total. The summed E-state index contributed by atoms with van der Waals surface area (Å²) in [6.45, 7) is 1.99. The molecule has 1 aliphatic rings. The number of nitrogens with one attached hydrogen (secondary N) is 1. The van der Waals surface area contributed by atoms with Gasteiger partial charge in [0, 0.05) is 30.8 Å². The first-order chi connectivity index (χ1) is 7.45. The van der Waals surface area contributed by atoms with Crippen molar-refractivity contribution in [2.75, 3.05) is 6.54 Å². The Morgan fingerprint density at radius 1 is 1.12 bits per heavy atom. The van der Waals surface area contributed by atoms with Gasteiger partial charge in [0.2, 0.25) is 0 Å². The first-order valence-corrected chi connectivity index (χ1v) is 5.27. The summed E-state index contributed by atoms with van der Waals surface area (Å²) in [4.78, 5) is 0. The fourth-order valence-corrected chi connectivity index (χ4v) is 2.04. The molecule has 5 heteroatoms. The molecule has 0 amide bonds. The van der Waals surface area contributed by atoms with E-state index in [2.05, 4.69) is 27.2 Å². The van der Waals surface area contributed by atoms with E-state index in [4.69, 9.17) is 0 Å². The third kappa shape index (κ3) is 2.63. The Morgan fingerprint density at radius 3 is 2.65 bits per heavy atom. The van der Waals surface area contributed by atoms with Crippen molar-refractivity contribution in [3.8, 4) is 5.69 Å². The van der Waals surface area contributed by atoms with Gasteiger partial charge in [-0.3, -0.25) is 0 Å². The fraction of sp³-hybridized carbons (Fsp3) is 0.250. The molecule has 92 valence electrons. The van der Waals surface area contributed by atoms with Gasteiger partial charge in [-0.1, -0.05) is 18.2 Å². The second kappa shape index (κ2) is 6.05. The van der Waals surface area contributed by atoms with E-state index in [1.807, 2.05) is 24.4 Å². The van der Waals surface area contributed by atoms with Gasteiger partial charge in [-0.05, 0) is 12.1 Å². The number of hydrogen-bond acceptors (Lipinski definition) is 2. The molecule has 0 spiro atoms. The smallest absolute Gasteiger partial charge is 0.0648 e. The van der Waals surface area contributed by atoms with Crippen LogP contribution in [-0.2, 0) is 13.0 Å². The number of nitrogens with zero attached hydrogens (tertiary/aromatic N) is 2. The number of benzene rings is 1. The number of rotatable bonds is 1. The number of para-hydroxylation sites is 1. The number of fused-ring (bicyclic) bond motifs is 1. The summed E-state index contributed by atoms with van der Waals surface area (Å²) in [5.41, 5.74) is 3.82. The van der Waals surface area contributed by atoms with Gasteiger partial charge in [-0.15, -0.1) is 24.8 Å². The molecule has 0 atom stereocenters. The summed E-state index contributed by atoms with van der Waals surface area (Å²) >= 11 is 0. The van der Waals surface area contributed by atoms with Crippen LogP contribution in [0.1, 0.15) is 11.3 Å². The first kappa shape index (κ1) is 14.0. The average Bonchev–Trinajstić information content (AvgIpc) is 2.74. The molecule has 1 aliphatic heterocycles. The number of hydrogen-bond donors (Lipinski definition) is 1. The molecule has 0 saturated heterocycles. The normalized spacial score (nSPS) is 13.2. The maximum Gasteiger partial charge on any atom is 0.0648 e. The van der Waals surface area contributed by atoms with Crippen molar-refractivity contribution in [2.45, 2.75) is 13.0 Å². The zero-order chi connectivity index (χ0) is 10.1. The lowest BCUT2D eigenvalue weighted by Crippen LogP contribution is -2.24. The van der Waals surface area contributed by atoms with Crippen LogP contribution in [0.15, 0.2) is 36.5 Å². The Kier molecular flexibility index (Phi) is 5.00. The predicted molar refractivity (Wildman–Crippen MR) is 73.5 cm³/mol. The molecule has 0 radical (unpaired) electrons. The van der Waals surface area contributed by atoms with E-state index in [0.29, 0.717) is 0 Å². The van der Waals surface area contributed by atoms with Gasteiger partial charge in [0.05, 0.1) is 11.9 Å². The van der Waals surface area contributed by atoms with Gasteiger partial charge < -0.3 is 5.32 Å². The van der Waals surface area contributed by atoms with E-state index in [0.717, 1.165) is 25.2 Å². The Morgan fingerprint density at radius 2 is 1.88 bits per heavy atom. The zero-order valence-corrected chi connectivity index (χ0v) is 10.9. The van der Waals surface area contributed by atoms with E-state index >= 15 is 0 Å². The van der Waals surface area contributed by atoms with Crippen molar-refractivity contribution in [3.05, 3.63) is 47.8 Å². The van der Waals surface area contributed by atoms with Crippen LogP contribution in [0.2, 0.25) is 0 Å². The molecular weight excluding hydrogens is 257 g/mol. The van der Waals surface area contributed by atoms with Crippen molar-refractivity contribution in [1.29, 1.82) is 0 Å². The van der Waals surface area contributed by atoms with E-state index in [1.165, 1.54) is 11.3 Å². The summed E-state index contributed by atoms with van der Waals surface area (Å²) in [5.74, 6) is 0. The highest BCUT2D eigenvalue weighted by molar-refractivity contribution is 5.85. The number of halogens is 2. The molecule has 17 heavy (non-hydrogen) atoms. The molecule has 0 fully saturated rings. The van der Waals surface area contributed by atoms with E-state index in [9.17, 15) is 0 Å². The number of aromatic nitrogens is 2. The minimum absolute atomic E-state index is 0. The Bertz CT molecular complexity index is 468.